The van der Waals surface area contributed by atoms with Gasteiger partial charge in [0.1, 0.15) is 4.90 Å². The van der Waals surface area contributed by atoms with Crippen molar-refractivity contribution < 1.29 is 13.2 Å². The molecular formula is C15H18ClN3O3S. The lowest BCUT2D eigenvalue weighted by molar-refractivity contribution is 0.397. The zero-order valence-electron chi connectivity index (χ0n) is 12.6. The number of hydrogen-bond acceptors (Lipinski definition) is 5. The maximum Gasteiger partial charge on any atom is 0.265 e. The number of ether oxygens (including phenoxy) is 1. The van der Waals surface area contributed by atoms with E-state index in [4.69, 9.17) is 4.74 Å². The molecule has 0 saturated heterocycles. The molecule has 0 fully saturated rings. The zero-order valence-corrected chi connectivity index (χ0v) is 14.2. The lowest BCUT2D eigenvalue weighted by Crippen LogP contribution is -2.34. The van der Waals surface area contributed by atoms with Crippen molar-refractivity contribution in [1.29, 1.82) is 0 Å². The van der Waals surface area contributed by atoms with Crippen LogP contribution in [0.5, 0.6) is 5.88 Å². The molecule has 8 heteroatoms. The Morgan fingerprint density at radius 1 is 1.22 bits per heavy atom. The smallest absolute Gasteiger partial charge is 0.265 e. The van der Waals surface area contributed by atoms with E-state index < -0.39 is 10.0 Å². The summed E-state index contributed by atoms with van der Waals surface area (Å²) in [4.78, 5) is 4.15. The first-order valence-corrected chi connectivity index (χ1v) is 8.38. The molecule has 0 radical (unpaired) electrons. The van der Waals surface area contributed by atoms with Gasteiger partial charge in [0.05, 0.1) is 19.0 Å². The van der Waals surface area contributed by atoms with Crippen molar-refractivity contribution >= 4 is 28.1 Å². The minimum atomic E-state index is -3.65. The SMILES string of the molecule is COc1ccc(S(=O)(=O)N2CCNCc3ccccc32)cn1.Cl. The number of methoxy groups -OCH3 is 1. The zero-order chi connectivity index (χ0) is 15.6. The molecule has 0 amide bonds. The minimum Gasteiger partial charge on any atom is -0.481 e. The van der Waals surface area contributed by atoms with E-state index in [0.717, 1.165) is 5.56 Å². The van der Waals surface area contributed by atoms with Crippen molar-refractivity contribution in [1.82, 2.24) is 10.3 Å². The Labute approximate surface area is 141 Å². The molecule has 0 atom stereocenters. The largest absolute Gasteiger partial charge is 0.481 e. The molecular weight excluding hydrogens is 338 g/mol. The predicted octanol–water partition coefficient (Wildman–Crippen LogP) is 1.81. The summed E-state index contributed by atoms with van der Waals surface area (Å²) in [6.07, 6.45) is 1.33. The molecule has 0 spiro atoms. The third-order valence-electron chi connectivity index (χ3n) is 3.57. The van der Waals surface area contributed by atoms with Crippen LogP contribution in [-0.2, 0) is 16.6 Å². The highest BCUT2D eigenvalue weighted by molar-refractivity contribution is 7.92. The van der Waals surface area contributed by atoms with Gasteiger partial charge in [0.25, 0.3) is 10.0 Å². The molecule has 1 N–H and O–H groups in total. The van der Waals surface area contributed by atoms with Crippen molar-refractivity contribution in [2.24, 2.45) is 0 Å². The van der Waals surface area contributed by atoms with Crippen molar-refractivity contribution in [2.75, 3.05) is 24.5 Å². The second kappa shape index (κ2) is 7.16. The summed E-state index contributed by atoms with van der Waals surface area (Å²) in [6, 6.07) is 10.6. The van der Waals surface area contributed by atoms with Crippen molar-refractivity contribution in [3.8, 4) is 5.88 Å². The molecule has 2 heterocycles. The topological polar surface area (TPSA) is 71.5 Å². The molecule has 0 aliphatic carbocycles. The van der Waals surface area contributed by atoms with Gasteiger partial charge in [0.2, 0.25) is 5.88 Å². The van der Waals surface area contributed by atoms with Crippen LogP contribution in [0.1, 0.15) is 5.56 Å². The quantitative estimate of drug-likeness (QED) is 0.909. The molecule has 23 heavy (non-hydrogen) atoms. The summed E-state index contributed by atoms with van der Waals surface area (Å²) in [7, 11) is -2.16. The first-order chi connectivity index (χ1) is 10.6. The summed E-state index contributed by atoms with van der Waals surface area (Å²) < 4.78 is 32.2. The van der Waals surface area contributed by atoms with Crippen LogP contribution in [0.2, 0.25) is 0 Å². The maximum atomic E-state index is 12.9. The average molecular weight is 356 g/mol. The van der Waals surface area contributed by atoms with Gasteiger partial charge in [0.15, 0.2) is 0 Å². The first-order valence-electron chi connectivity index (χ1n) is 6.94. The summed E-state index contributed by atoms with van der Waals surface area (Å²) in [6.45, 7) is 1.63. The van der Waals surface area contributed by atoms with E-state index in [-0.39, 0.29) is 17.3 Å². The lowest BCUT2D eigenvalue weighted by atomic mass is 10.2. The second-order valence-electron chi connectivity index (χ2n) is 4.92. The number of hydrogen-bond donors (Lipinski definition) is 1. The van der Waals surface area contributed by atoms with Gasteiger partial charge in [-0.15, -0.1) is 12.4 Å². The first kappa shape index (κ1) is 17.5. The number of nitrogens with zero attached hydrogens (tertiary/aromatic N) is 2. The minimum absolute atomic E-state index is 0. The number of pyridine rings is 1. The monoisotopic (exact) mass is 355 g/mol. The number of sulfonamides is 1. The molecule has 3 rings (SSSR count). The van der Waals surface area contributed by atoms with E-state index in [0.29, 0.717) is 31.2 Å². The van der Waals surface area contributed by atoms with Crippen molar-refractivity contribution in [3.63, 3.8) is 0 Å². The van der Waals surface area contributed by atoms with E-state index in [9.17, 15) is 8.42 Å². The van der Waals surface area contributed by atoms with E-state index in [1.165, 1.54) is 23.7 Å². The molecule has 1 aliphatic rings. The third-order valence-corrected chi connectivity index (χ3v) is 5.37. The molecule has 0 bridgehead atoms. The van der Waals surface area contributed by atoms with E-state index in [2.05, 4.69) is 10.3 Å². The number of aromatic nitrogens is 1. The van der Waals surface area contributed by atoms with Gasteiger partial charge in [0, 0.05) is 25.7 Å². The number of fused-ring (bicyclic) bond motifs is 1. The average Bonchev–Trinajstić information content (AvgIpc) is 2.77. The Bertz CT molecular complexity index is 766. The normalized spacial score (nSPS) is 14.4. The van der Waals surface area contributed by atoms with Gasteiger partial charge in [-0.3, -0.25) is 4.31 Å². The van der Waals surface area contributed by atoms with Crippen LogP contribution < -0.4 is 14.4 Å². The molecule has 124 valence electrons. The highest BCUT2D eigenvalue weighted by Gasteiger charge is 2.28. The van der Waals surface area contributed by atoms with Crippen molar-refractivity contribution in [2.45, 2.75) is 11.4 Å². The Hall–Kier alpha value is -1.83. The van der Waals surface area contributed by atoms with Gasteiger partial charge in [-0.1, -0.05) is 18.2 Å². The Kier molecular flexibility index (Phi) is 5.46. The summed E-state index contributed by atoms with van der Waals surface area (Å²) >= 11 is 0. The maximum absolute atomic E-state index is 12.9. The van der Waals surface area contributed by atoms with Crippen LogP contribution in [0.25, 0.3) is 0 Å². The molecule has 1 aromatic heterocycles. The van der Waals surface area contributed by atoms with Crippen LogP contribution in [0.15, 0.2) is 47.5 Å². The standard InChI is InChI=1S/C15H17N3O3S.ClH/c1-21-15-7-6-13(11-17-15)22(19,20)18-9-8-16-10-12-4-2-3-5-14(12)18;/h2-7,11,16H,8-10H2,1H3;1H. The Morgan fingerprint density at radius 2 is 2.00 bits per heavy atom. The van der Waals surface area contributed by atoms with Gasteiger partial charge in [-0.2, -0.15) is 0 Å². The Balaban J connectivity index is 0.00000192. The van der Waals surface area contributed by atoms with Crippen LogP contribution in [0.3, 0.4) is 0 Å². The highest BCUT2D eigenvalue weighted by atomic mass is 35.5. The summed E-state index contributed by atoms with van der Waals surface area (Å²) in [5.41, 5.74) is 1.67. The van der Waals surface area contributed by atoms with E-state index >= 15 is 0 Å². The van der Waals surface area contributed by atoms with E-state index in [1.807, 2.05) is 24.3 Å². The number of para-hydroxylation sites is 1. The van der Waals surface area contributed by atoms with Gasteiger partial charge < -0.3 is 10.1 Å². The third kappa shape index (κ3) is 3.41. The molecule has 0 unspecified atom stereocenters. The summed E-state index contributed by atoms with van der Waals surface area (Å²) in [5.74, 6) is 0.386. The number of nitrogens with one attached hydrogen (secondary N) is 1. The summed E-state index contributed by atoms with van der Waals surface area (Å²) in [5, 5.41) is 3.23. The number of halogens is 1. The fraction of sp³-hybridized carbons (Fsp3) is 0.267. The lowest BCUT2D eigenvalue weighted by Gasteiger charge is -2.24. The molecule has 1 aliphatic heterocycles. The van der Waals surface area contributed by atoms with Gasteiger partial charge >= 0.3 is 0 Å². The molecule has 1 aromatic carbocycles. The Morgan fingerprint density at radius 3 is 2.70 bits per heavy atom. The second-order valence-corrected chi connectivity index (χ2v) is 6.78. The fourth-order valence-electron chi connectivity index (χ4n) is 2.44. The van der Waals surface area contributed by atoms with E-state index in [1.54, 1.807) is 6.07 Å². The highest BCUT2D eigenvalue weighted by Crippen LogP contribution is 2.28. The van der Waals surface area contributed by atoms with Crippen LogP contribution in [0, 0.1) is 0 Å². The predicted molar refractivity (Wildman–Crippen MR) is 90.7 cm³/mol. The molecule has 2 aromatic rings. The van der Waals surface area contributed by atoms with Crippen molar-refractivity contribution in [3.05, 3.63) is 48.2 Å². The van der Waals surface area contributed by atoms with Gasteiger partial charge in [-0.25, -0.2) is 13.4 Å². The molecule has 6 nitrogen and oxygen atoms in total. The van der Waals surface area contributed by atoms with Crippen LogP contribution in [-0.4, -0.2) is 33.6 Å². The molecule has 0 saturated carbocycles. The fourth-order valence-corrected chi connectivity index (χ4v) is 3.89. The van der Waals surface area contributed by atoms with Crippen LogP contribution >= 0.6 is 12.4 Å². The van der Waals surface area contributed by atoms with Crippen LogP contribution in [0.4, 0.5) is 5.69 Å². The van der Waals surface area contributed by atoms with Gasteiger partial charge in [-0.05, 0) is 17.7 Å². The number of rotatable bonds is 3. The number of benzene rings is 1. The number of anilines is 1.